The van der Waals surface area contributed by atoms with E-state index >= 15 is 0 Å². The summed E-state index contributed by atoms with van der Waals surface area (Å²) in [6, 6.07) is -0.867. The minimum Gasteiger partial charge on any atom is -0.456 e. The van der Waals surface area contributed by atoms with Gasteiger partial charge >= 0.3 is 13.8 Å². The van der Waals surface area contributed by atoms with Crippen LogP contribution in [0.2, 0.25) is 0 Å². The Hall–Kier alpha value is -3.07. The fraction of sp³-hybridized carbons (Fsp3) is 0.757. The number of phosphoric acid groups is 1. The molecule has 0 aromatic carbocycles. The minimum absolute atomic E-state index is 0.0315. The predicted molar refractivity (Wildman–Crippen MR) is 364 cm³/mol. The van der Waals surface area contributed by atoms with Crippen molar-refractivity contribution < 1.29 is 37.3 Å². The number of carbonyl (C=O) groups excluding carboxylic acids is 2. The quantitative estimate of drug-likeness (QED) is 0.0205. The van der Waals surface area contributed by atoms with Gasteiger partial charge in [0.1, 0.15) is 19.3 Å². The SMILES string of the molecule is CCCCC/C=C\C/C=C\C/C=C\C/C=C\CCCCCC(=O)OC(/C=C\CCCCCCCCCCCC)C(COP(=O)(O)OCC[N+](C)(C)C)NC(=O)CCCCCCCCCCCCCCCC/C=C\C/C=C\C/C=C\CCCCC. The van der Waals surface area contributed by atoms with Crippen LogP contribution in [0.4, 0.5) is 0 Å². The van der Waals surface area contributed by atoms with Crippen LogP contribution in [0, 0.1) is 0 Å². The molecule has 2 N–H and O–H groups in total. The third-order valence-electron chi connectivity index (χ3n) is 15.2. The number of amides is 1. The van der Waals surface area contributed by atoms with Crippen LogP contribution in [-0.4, -0.2) is 74.3 Å². The highest BCUT2D eigenvalue weighted by molar-refractivity contribution is 7.47. The number of likely N-dealkylation sites (N-methyl/N-ethyl adjacent to an activating group) is 1. The third-order valence-corrected chi connectivity index (χ3v) is 16.2. The highest BCUT2D eigenvalue weighted by atomic mass is 31.2. The van der Waals surface area contributed by atoms with Crippen LogP contribution in [0.25, 0.3) is 0 Å². The molecule has 486 valence electrons. The monoisotopic (exact) mass is 1190 g/mol. The van der Waals surface area contributed by atoms with Gasteiger partial charge in [-0.15, -0.1) is 0 Å². The molecule has 0 aliphatic heterocycles. The molecule has 10 heteroatoms. The summed E-state index contributed by atoms with van der Waals surface area (Å²) in [7, 11) is 1.47. The second kappa shape index (κ2) is 63.0. The minimum atomic E-state index is -4.47. The number of carbonyl (C=O) groups is 2. The molecule has 0 fully saturated rings. The van der Waals surface area contributed by atoms with Gasteiger partial charge in [0, 0.05) is 12.8 Å². The van der Waals surface area contributed by atoms with Gasteiger partial charge in [-0.25, -0.2) is 4.57 Å². The van der Waals surface area contributed by atoms with E-state index in [4.69, 9.17) is 13.8 Å². The fourth-order valence-electron chi connectivity index (χ4n) is 9.81. The van der Waals surface area contributed by atoms with E-state index in [0.717, 1.165) is 89.9 Å². The molecule has 0 bridgehead atoms. The third kappa shape index (κ3) is 63.4. The highest BCUT2D eigenvalue weighted by Gasteiger charge is 2.30. The number of phosphoric ester groups is 1. The first-order valence-corrected chi connectivity index (χ1v) is 36.6. The molecule has 3 atom stereocenters. The van der Waals surface area contributed by atoms with E-state index in [1.807, 2.05) is 33.3 Å². The summed E-state index contributed by atoms with van der Waals surface area (Å²) in [5.41, 5.74) is 0. The normalized spacial score (nSPS) is 14.1. The lowest BCUT2D eigenvalue weighted by molar-refractivity contribution is -0.870. The zero-order valence-electron chi connectivity index (χ0n) is 55.6. The number of unbranched alkanes of at least 4 members (excludes halogenated alkanes) is 33. The molecule has 1 amide bonds. The summed E-state index contributed by atoms with van der Waals surface area (Å²) in [6.07, 6.45) is 85.6. The smallest absolute Gasteiger partial charge is 0.456 e. The highest BCUT2D eigenvalue weighted by Crippen LogP contribution is 2.43. The number of esters is 1. The number of nitrogens with zero attached hydrogens (tertiary/aromatic N) is 1. The van der Waals surface area contributed by atoms with Crippen molar-refractivity contribution in [3.05, 3.63) is 97.2 Å². The van der Waals surface area contributed by atoms with Crippen molar-refractivity contribution in [2.75, 3.05) is 40.9 Å². The Morgan fingerprint density at radius 3 is 1.12 bits per heavy atom. The Kier molecular flexibility index (Phi) is 60.7. The first-order chi connectivity index (χ1) is 40.9. The Bertz CT molecular complexity index is 1760. The summed E-state index contributed by atoms with van der Waals surface area (Å²) in [5, 5.41) is 3.06. The van der Waals surface area contributed by atoms with Gasteiger partial charge in [-0.1, -0.05) is 279 Å². The van der Waals surface area contributed by atoms with Gasteiger partial charge in [0.25, 0.3) is 0 Å². The summed E-state index contributed by atoms with van der Waals surface area (Å²) in [4.78, 5) is 37.9. The Morgan fingerprint density at radius 2 is 0.726 bits per heavy atom. The van der Waals surface area contributed by atoms with Gasteiger partial charge < -0.3 is 19.4 Å². The van der Waals surface area contributed by atoms with Crippen molar-refractivity contribution in [2.45, 2.75) is 322 Å². The Balaban J connectivity index is 5.10. The molecule has 0 aliphatic carbocycles. The molecule has 0 saturated heterocycles. The van der Waals surface area contributed by atoms with E-state index in [1.165, 1.54) is 180 Å². The number of hydrogen-bond donors (Lipinski definition) is 2. The average Bonchev–Trinajstić information content (AvgIpc) is 3.65. The molecule has 84 heavy (non-hydrogen) atoms. The Labute approximate surface area is 519 Å². The molecule has 0 aromatic rings. The van der Waals surface area contributed by atoms with Gasteiger partial charge in [0.15, 0.2) is 0 Å². The van der Waals surface area contributed by atoms with E-state index in [-0.39, 0.29) is 31.5 Å². The van der Waals surface area contributed by atoms with E-state index in [2.05, 4.69) is 111 Å². The molecule has 0 aliphatic rings. The topological polar surface area (TPSA) is 111 Å². The summed E-state index contributed by atoms with van der Waals surface area (Å²) in [5.74, 6) is -0.539. The summed E-state index contributed by atoms with van der Waals surface area (Å²) < 4.78 is 30.8. The molecule has 0 saturated carbocycles. The first kappa shape index (κ1) is 80.9. The molecule has 0 spiro atoms. The van der Waals surface area contributed by atoms with Gasteiger partial charge in [-0.2, -0.15) is 0 Å². The maximum absolute atomic E-state index is 13.6. The van der Waals surface area contributed by atoms with Crippen LogP contribution < -0.4 is 5.32 Å². The zero-order chi connectivity index (χ0) is 61.4. The van der Waals surface area contributed by atoms with E-state index < -0.39 is 20.0 Å². The van der Waals surface area contributed by atoms with Crippen LogP contribution >= 0.6 is 7.82 Å². The maximum Gasteiger partial charge on any atom is 0.472 e. The number of ether oxygens (including phenoxy) is 1. The van der Waals surface area contributed by atoms with Crippen LogP contribution in [0.15, 0.2) is 97.2 Å². The summed E-state index contributed by atoms with van der Waals surface area (Å²) in [6.45, 7) is 6.95. The lowest BCUT2D eigenvalue weighted by Gasteiger charge is -2.27. The second-order valence-corrected chi connectivity index (χ2v) is 26.1. The fourth-order valence-corrected chi connectivity index (χ4v) is 10.5. The van der Waals surface area contributed by atoms with Gasteiger partial charge in [0.2, 0.25) is 5.91 Å². The van der Waals surface area contributed by atoms with E-state index in [9.17, 15) is 19.0 Å². The van der Waals surface area contributed by atoms with Crippen molar-refractivity contribution in [1.82, 2.24) is 5.32 Å². The molecular formula is C74H134N2O7P+. The molecule has 0 aromatic heterocycles. The largest absolute Gasteiger partial charge is 0.472 e. The van der Waals surface area contributed by atoms with Gasteiger partial charge in [-0.05, 0) is 115 Å². The number of quaternary nitrogens is 1. The number of allylic oxidation sites excluding steroid dienone is 15. The van der Waals surface area contributed by atoms with Crippen LogP contribution in [0.1, 0.15) is 310 Å². The van der Waals surface area contributed by atoms with Crippen molar-refractivity contribution in [1.29, 1.82) is 0 Å². The molecule has 0 rings (SSSR count). The first-order valence-electron chi connectivity index (χ1n) is 35.1. The van der Waals surface area contributed by atoms with Crippen molar-refractivity contribution in [2.24, 2.45) is 0 Å². The van der Waals surface area contributed by atoms with Crippen LogP contribution in [0.5, 0.6) is 0 Å². The van der Waals surface area contributed by atoms with E-state index in [1.54, 1.807) is 0 Å². The van der Waals surface area contributed by atoms with Crippen molar-refractivity contribution >= 4 is 19.7 Å². The predicted octanol–water partition coefficient (Wildman–Crippen LogP) is 22.3. The van der Waals surface area contributed by atoms with Gasteiger partial charge in [0.05, 0.1) is 33.8 Å². The van der Waals surface area contributed by atoms with Crippen molar-refractivity contribution in [3.63, 3.8) is 0 Å². The maximum atomic E-state index is 13.6. The zero-order valence-corrected chi connectivity index (χ0v) is 56.5. The Morgan fingerprint density at radius 1 is 0.417 bits per heavy atom. The molecular weight excluding hydrogens is 1060 g/mol. The number of rotatable bonds is 63. The van der Waals surface area contributed by atoms with Crippen molar-refractivity contribution in [3.8, 4) is 0 Å². The van der Waals surface area contributed by atoms with Gasteiger partial charge in [-0.3, -0.25) is 18.6 Å². The van der Waals surface area contributed by atoms with E-state index in [0.29, 0.717) is 23.9 Å². The molecule has 3 unspecified atom stereocenters. The molecule has 9 nitrogen and oxygen atoms in total. The molecule has 0 heterocycles. The lowest BCUT2D eigenvalue weighted by atomic mass is 10.0. The second-order valence-electron chi connectivity index (χ2n) is 24.7. The standard InChI is InChI=1S/C74H133N2O7P/c1-7-10-13-16-19-22-25-28-30-32-34-35-36-37-38-39-40-41-43-44-46-48-51-54-57-60-63-66-73(77)75-71(70-82-84(79,80)81-69-68-76(4,5)6)72(65-62-59-56-53-50-27-24-21-18-15-12-9-3)83-74(78)67-64-61-58-55-52-49-47-45-42-33-31-29-26-23-20-17-14-11-8-2/h19-20,22-23,28-31,34-35,42,45,49,52,62,65,71-72H,7-18,21,24-27,32-33,36-41,43-44,46-48,50-51,53-61,63-64,66-70H2,1-6H3,(H-,75,77,79,80)/p+1/b22-19-,23-20-,30-28-,31-29-,35-34-,45-42-,52-49-,65-62-. The summed E-state index contributed by atoms with van der Waals surface area (Å²) >= 11 is 0. The molecule has 0 radical (unpaired) electrons. The number of nitrogens with one attached hydrogen (secondary N) is 1. The van der Waals surface area contributed by atoms with Crippen LogP contribution in [0.3, 0.4) is 0 Å². The number of hydrogen-bond acceptors (Lipinski definition) is 6. The average molecular weight is 1190 g/mol. The van der Waals surface area contributed by atoms with Crippen LogP contribution in [-0.2, 0) is 27.9 Å². The lowest BCUT2D eigenvalue weighted by Crippen LogP contribution is -2.47.